The summed E-state index contributed by atoms with van der Waals surface area (Å²) in [6, 6.07) is -5.05. The normalized spacial score (nSPS) is 18.7. The number of carbonyl (C=O) groups is 6. The van der Waals surface area contributed by atoms with Gasteiger partial charge in [0.2, 0.25) is 23.6 Å². The van der Waals surface area contributed by atoms with Crippen LogP contribution >= 0.6 is 0 Å². The fraction of sp³-hybridized carbons (Fsp3) is 0.667. The summed E-state index contributed by atoms with van der Waals surface area (Å²) in [5.74, 6) is -6.42. The number of carboxylic acids is 2. The van der Waals surface area contributed by atoms with Gasteiger partial charge in [0.05, 0.1) is 18.9 Å². The van der Waals surface area contributed by atoms with Crippen molar-refractivity contribution in [2.24, 2.45) is 17.4 Å². The van der Waals surface area contributed by atoms with Gasteiger partial charge < -0.3 is 37.2 Å². The fourth-order valence-electron chi connectivity index (χ4n) is 3.11. The van der Waals surface area contributed by atoms with Crippen LogP contribution in [0.25, 0.3) is 0 Å². The van der Waals surface area contributed by atoms with E-state index in [-0.39, 0.29) is 5.92 Å². The number of hydrogen-bond donors (Lipinski definition) is 6. The van der Waals surface area contributed by atoms with E-state index in [0.29, 0.717) is 19.4 Å². The summed E-state index contributed by atoms with van der Waals surface area (Å²) < 4.78 is 0. The average Bonchev–Trinajstić information content (AvgIpc) is 3.14. The third kappa shape index (κ3) is 7.51. The molecule has 13 nitrogen and oxygen atoms in total. The zero-order valence-corrected chi connectivity index (χ0v) is 17.4. The molecule has 0 aliphatic carbocycles. The van der Waals surface area contributed by atoms with Gasteiger partial charge in [0.1, 0.15) is 18.1 Å². The van der Waals surface area contributed by atoms with E-state index in [1.807, 2.05) is 5.32 Å². The van der Waals surface area contributed by atoms with Crippen LogP contribution in [0.15, 0.2) is 0 Å². The number of carboxylic acid groups (broad SMARTS) is 2. The van der Waals surface area contributed by atoms with Gasteiger partial charge in [0, 0.05) is 6.54 Å². The van der Waals surface area contributed by atoms with Crippen molar-refractivity contribution in [3.63, 3.8) is 0 Å². The molecule has 0 aromatic rings. The van der Waals surface area contributed by atoms with Crippen molar-refractivity contribution in [1.29, 1.82) is 0 Å². The molecule has 4 atom stereocenters. The van der Waals surface area contributed by atoms with E-state index in [1.165, 1.54) is 4.90 Å². The van der Waals surface area contributed by atoms with Crippen molar-refractivity contribution in [2.75, 3.05) is 6.54 Å². The summed E-state index contributed by atoms with van der Waals surface area (Å²) in [5.41, 5.74) is 11.0. The minimum absolute atomic E-state index is 0.160. The predicted octanol–water partition coefficient (Wildman–Crippen LogP) is -2.63. The Hall–Kier alpha value is -3.22. The molecule has 0 bridgehead atoms. The lowest BCUT2D eigenvalue weighted by atomic mass is 10.0. The lowest BCUT2D eigenvalue weighted by Crippen LogP contribution is -2.57. The molecule has 13 heteroatoms. The van der Waals surface area contributed by atoms with Crippen molar-refractivity contribution in [1.82, 2.24) is 15.5 Å². The Bertz CT molecular complexity index is 740. The zero-order chi connectivity index (χ0) is 23.9. The van der Waals surface area contributed by atoms with Crippen LogP contribution in [0.5, 0.6) is 0 Å². The van der Waals surface area contributed by atoms with Crippen LogP contribution in [0.1, 0.15) is 39.5 Å². The number of nitrogens with two attached hydrogens (primary N) is 2. The minimum Gasteiger partial charge on any atom is -0.481 e. The van der Waals surface area contributed by atoms with Crippen LogP contribution in [0.4, 0.5) is 0 Å². The minimum atomic E-state index is -1.77. The van der Waals surface area contributed by atoms with Crippen LogP contribution in [0.2, 0.25) is 0 Å². The molecule has 0 radical (unpaired) electrons. The maximum atomic E-state index is 12.8. The summed E-state index contributed by atoms with van der Waals surface area (Å²) in [6.07, 6.45) is -0.718. The molecule has 0 spiro atoms. The second-order valence-corrected chi connectivity index (χ2v) is 7.69. The Morgan fingerprint density at radius 1 is 1.03 bits per heavy atom. The standard InChI is InChI=1S/C18H29N5O8/c1-8(2)14(20)17(29)23-5-3-4-11(23)16(28)21-9(6-12(19)24)15(27)22-10(18(30)31)7-13(25)26/h8-11,14H,3-7,20H2,1-2H3,(H2,19,24)(H,21,28)(H,22,27)(H,25,26)(H,30,31). The van der Waals surface area contributed by atoms with Crippen LogP contribution in [0, 0.1) is 5.92 Å². The fourth-order valence-corrected chi connectivity index (χ4v) is 3.11. The summed E-state index contributed by atoms with van der Waals surface area (Å²) in [6.45, 7) is 3.82. The molecule has 0 aromatic carbocycles. The maximum Gasteiger partial charge on any atom is 0.326 e. The molecule has 4 amide bonds. The molecule has 1 fully saturated rings. The molecular weight excluding hydrogens is 414 g/mol. The van der Waals surface area contributed by atoms with E-state index < -0.39 is 72.6 Å². The third-order valence-electron chi connectivity index (χ3n) is 4.87. The quantitative estimate of drug-likeness (QED) is 0.196. The van der Waals surface area contributed by atoms with Gasteiger partial charge in [0.25, 0.3) is 0 Å². The van der Waals surface area contributed by atoms with E-state index in [2.05, 4.69) is 5.32 Å². The average molecular weight is 443 g/mol. The Morgan fingerprint density at radius 2 is 1.65 bits per heavy atom. The predicted molar refractivity (Wildman–Crippen MR) is 105 cm³/mol. The summed E-state index contributed by atoms with van der Waals surface area (Å²) >= 11 is 0. The molecule has 1 heterocycles. The number of primary amides is 1. The van der Waals surface area contributed by atoms with Gasteiger partial charge in [-0.2, -0.15) is 0 Å². The number of aliphatic carboxylic acids is 2. The van der Waals surface area contributed by atoms with Crippen molar-refractivity contribution in [3.8, 4) is 0 Å². The van der Waals surface area contributed by atoms with Crippen molar-refractivity contribution in [2.45, 2.75) is 63.7 Å². The van der Waals surface area contributed by atoms with Gasteiger partial charge >= 0.3 is 11.9 Å². The van der Waals surface area contributed by atoms with Crippen molar-refractivity contribution < 1.29 is 39.0 Å². The van der Waals surface area contributed by atoms with Gasteiger partial charge in [-0.15, -0.1) is 0 Å². The molecule has 1 saturated heterocycles. The maximum absolute atomic E-state index is 12.8. The third-order valence-corrected chi connectivity index (χ3v) is 4.87. The molecule has 31 heavy (non-hydrogen) atoms. The molecular formula is C18H29N5O8. The van der Waals surface area contributed by atoms with E-state index >= 15 is 0 Å². The van der Waals surface area contributed by atoms with E-state index in [1.54, 1.807) is 13.8 Å². The molecule has 8 N–H and O–H groups in total. The lowest BCUT2D eigenvalue weighted by Gasteiger charge is -2.29. The van der Waals surface area contributed by atoms with Crippen LogP contribution < -0.4 is 22.1 Å². The van der Waals surface area contributed by atoms with Gasteiger partial charge in [-0.3, -0.25) is 24.0 Å². The zero-order valence-electron chi connectivity index (χ0n) is 17.4. The van der Waals surface area contributed by atoms with Crippen molar-refractivity contribution in [3.05, 3.63) is 0 Å². The first kappa shape index (κ1) is 25.8. The monoisotopic (exact) mass is 443 g/mol. The molecule has 174 valence electrons. The smallest absolute Gasteiger partial charge is 0.326 e. The molecule has 4 unspecified atom stereocenters. The second-order valence-electron chi connectivity index (χ2n) is 7.69. The number of likely N-dealkylation sites (tertiary alicyclic amines) is 1. The highest BCUT2D eigenvalue weighted by molar-refractivity contribution is 5.96. The van der Waals surface area contributed by atoms with Gasteiger partial charge in [-0.1, -0.05) is 13.8 Å². The van der Waals surface area contributed by atoms with Crippen LogP contribution in [0.3, 0.4) is 0 Å². The topological polar surface area (TPSA) is 222 Å². The Kier molecular flexibility index (Phi) is 9.37. The summed E-state index contributed by atoms with van der Waals surface area (Å²) in [5, 5.41) is 22.1. The Labute approximate surface area is 178 Å². The first-order valence-corrected chi connectivity index (χ1v) is 9.74. The molecule has 0 saturated carbocycles. The molecule has 0 aromatic heterocycles. The van der Waals surface area contributed by atoms with Crippen LogP contribution in [-0.2, 0) is 28.8 Å². The number of nitrogens with zero attached hydrogens (tertiary/aromatic N) is 1. The first-order chi connectivity index (χ1) is 14.3. The van der Waals surface area contributed by atoms with Crippen molar-refractivity contribution >= 4 is 35.6 Å². The summed E-state index contributed by atoms with van der Waals surface area (Å²) in [4.78, 5) is 72.4. The number of amides is 4. The Morgan fingerprint density at radius 3 is 2.13 bits per heavy atom. The van der Waals surface area contributed by atoms with Gasteiger partial charge in [-0.05, 0) is 18.8 Å². The lowest BCUT2D eigenvalue weighted by molar-refractivity contribution is -0.147. The number of hydrogen-bond acceptors (Lipinski definition) is 7. The second kappa shape index (κ2) is 11.2. The highest BCUT2D eigenvalue weighted by atomic mass is 16.4. The first-order valence-electron chi connectivity index (χ1n) is 9.74. The van der Waals surface area contributed by atoms with E-state index in [0.717, 1.165) is 0 Å². The SMILES string of the molecule is CC(C)C(N)C(=O)N1CCCC1C(=O)NC(CC(N)=O)C(=O)NC(CC(=O)O)C(=O)O. The molecule has 1 aliphatic heterocycles. The number of carbonyl (C=O) groups excluding carboxylic acids is 4. The number of nitrogens with one attached hydrogen (secondary N) is 2. The molecule has 1 rings (SSSR count). The largest absolute Gasteiger partial charge is 0.481 e. The highest BCUT2D eigenvalue weighted by Crippen LogP contribution is 2.20. The van der Waals surface area contributed by atoms with Gasteiger partial charge in [0.15, 0.2) is 0 Å². The van der Waals surface area contributed by atoms with E-state index in [4.69, 9.17) is 21.7 Å². The van der Waals surface area contributed by atoms with Gasteiger partial charge in [-0.25, -0.2) is 4.79 Å². The molecule has 1 aliphatic rings. The van der Waals surface area contributed by atoms with E-state index in [9.17, 15) is 28.8 Å². The highest BCUT2D eigenvalue weighted by Gasteiger charge is 2.38. The Balaban J connectivity index is 2.95. The van der Waals surface area contributed by atoms with Crippen LogP contribution in [-0.4, -0.2) is 81.4 Å². The number of rotatable bonds is 11. The summed E-state index contributed by atoms with van der Waals surface area (Å²) in [7, 11) is 0.